The molecular weight excluding hydrogens is 402 g/mol. The van der Waals surface area contributed by atoms with Crippen molar-refractivity contribution in [1.29, 1.82) is 0 Å². The van der Waals surface area contributed by atoms with Gasteiger partial charge in [0.2, 0.25) is 17.7 Å². The lowest BCUT2D eigenvalue weighted by Crippen LogP contribution is -2.48. The second-order valence-corrected chi connectivity index (χ2v) is 8.45. The number of para-hydroxylation sites is 1. The van der Waals surface area contributed by atoms with E-state index in [2.05, 4.69) is 10.6 Å². The maximum absolute atomic E-state index is 12.9. The quantitative estimate of drug-likeness (QED) is 0.736. The highest BCUT2D eigenvalue weighted by Crippen LogP contribution is 2.36. The third-order valence-corrected chi connectivity index (χ3v) is 6.65. The van der Waals surface area contributed by atoms with Crippen molar-refractivity contribution in [1.82, 2.24) is 4.90 Å². The van der Waals surface area contributed by atoms with Crippen LogP contribution in [0.1, 0.15) is 12.8 Å². The van der Waals surface area contributed by atoms with Gasteiger partial charge in [0.25, 0.3) is 0 Å². The monoisotopic (exact) mass is 425 g/mol. The third-order valence-electron chi connectivity index (χ3n) is 5.39. The normalized spacial score (nSPS) is 18.9. The number of thioether (sulfide) groups is 1. The lowest BCUT2D eigenvalue weighted by Gasteiger charge is -2.34. The molecule has 0 spiro atoms. The molecular formula is C22H23N3O4S. The first-order valence-electron chi connectivity index (χ1n) is 9.85. The Morgan fingerprint density at radius 3 is 2.50 bits per heavy atom. The molecule has 4 rings (SSSR count). The van der Waals surface area contributed by atoms with Gasteiger partial charge in [0.05, 0.1) is 12.8 Å². The number of carbonyl (C=O) groups is 3. The molecule has 2 aliphatic rings. The van der Waals surface area contributed by atoms with Crippen LogP contribution < -0.4 is 15.4 Å². The number of rotatable bonds is 4. The summed E-state index contributed by atoms with van der Waals surface area (Å²) in [5.74, 6) is 0.0341. The summed E-state index contributed by atoms with van der Waals surface area (Å²) in [7, 11) is 1.59. The number of hydrogen-bond donors (Lipinski definition) is 2. The van der Waals surface area contributed by atoms with Gasteiger partial charge in [-0.2, -0.15) is 0 Å². The topological polar surface area (TPSA) is 87.7 Å². The lowest BCUT2D eigenvalue weighted by atomic mass is 9.95. The fraction of sp³-hybridized carbons (Fsp3) is 0.318. The Hall–Kier alpha value is -3.00. The average molecular weight is 426 g/mol. The van der Waals surface area contributed by atoms with Crippen LogP contribution in [-0.4, -0.2) is 48.1 Å². The Morgan fingerprint density at radius 1 is 1.10 bits per heavy atom. The van der Waals surface area contributed by atoms with Crippen LogP contribution >= 0.6 is 11.8 Å². The van der Waals surface area contributed by atoms with Gasteiger partial charge >= 0.3 is 0 Å². The lowest BCUT2D eigenvalue weighted by molar-refractivity contribution is -0.136. The van der Waals surface area contributed by atoms with Crippen molar-refractivity contribution >= 4 is 40.9 Å². The van der Waals surface area contributed by atoms with E-state index < -0.39 is 5.25 Å². The standard InChI is InChI=1S/C22H23N3O4S/c1-29-16-8-6-15(7-9-16)23-20(26)14-10-12-25(13-11-14)22(28)19-21(27)24-17-4-2-3-5-18(17)30-19/h2-9,14,19H,10-13H2,1H3,(H,23,26)(H,24,27). The molecule has 0 saturated carbocycles. The van der Waals surface area contributed by atoms with Crippen molar-refractivity contribution in [2.75, 3.05) is 30.8 Å². The van der Waals surface area contributed by atoms with Gasteiger partial charge in [-0.3, -0.25) is 14.4 Å². The minimum absolute atomic E-state index is 0.0500. The first kappa shape index (κ1) is 20.3. The molecule has 8 heteroatoms. The number of benzene rings is 2. The van der Waals surface area contributed by atoms with Crippen LogP contribution in [0, 0.1) is 5.92 Å². The molecule has 1 saturated heterocycles. The molecule has 1 fully saturated rings. The molecule has 0 radical (unpaired) electrons. The number of methoxy groups -OCH3 is 1. The van der Waals surface area contributed by atoms with E-state index >= 15 is 0 Å². The van der Waals surface area contributed by atoms with Gasteiger partial charge in [-0.1, -0.05) is 12.1 Å². The van der Waals surface area contributed by atoms with Crippen LogP contribution in [0.4, 0.5) is 11.4 Å². The predicted octanol–water partition coefficient (Wildman–Crippen LogP) is 2.99. The van der Waals surface area contributed by atoms with Gasteiger partial charge in [0.1, 0.15) is 5.75 Å². The Kier molecular flexibility index (Phi) is 5.94. The smallest absolute Gasteiger partial charge is 0.247 e. The summed E-state index contributed by atoms with van der Waals surface area (Å²) < 4.78 is 5.12. The van der Waals surface area contributed by atoms with Crippen molar-refractivity contribution in [2.24, 2.45) is 5.92 Å². The molecule has 1 unspecified atom stereocenters. The molecule has 7 nitrogen and oxygen atoms in total. The van der Waals surface area contributed by atoms with E-state index in [1.807, 2.05) is 24.3 Å². The molecule has 3 amide bonds. The number of anilines is 2. The Balaban J connectivity index is 1.32. The van der Waals surface area contributed by atoms with E-state index in [1.165, 1.54) is 11.8 Å². The van der Waals surface area contributed by atoms with E-state index in [-0.39, 0.29) is 23.6 Å². The van der Waals surface area contributed by atoms with Crippen molar-refractivity contribution in [2.45, 2.75) is 23.0 Å². The highest BCUT2D eigenvalue weighted by Gasteiger charge is 2.37. The minimum Gasteiger partial charge on any atom is -0.497 e. The van der Waals surface area contributed by atoms with Crippen molar-refractivity contribution < 1.29 is 19.1 Å². The van der Waals surface area contributed by atoms with Crippen molar-refractivity contribution in [3.63, 3.8) is 0 Å². The third kappa shape index (κ3) is 4.28. The number of nitrogens with zero attached hydrogens (tertiary/aromatic N) is 1. The number of likely N-dealkylation sites (tertiary alicyclic amines) is 1. The summed E-state index contributed by atoms with van der Waals surface area (Å²) in [6, 6.07) is 14.6. The fourth-order valence-electron chi connectivity index (χ4n) is 3.66. The highest BCUT2D eigenvalue weighted by atomic mass is 32.2. The number of carbonyl (C=O) groups excluding carboxylic acids is 3. The van der Waals surface area contributed by atoms with Gasteiger partial charge in [-0.05, 0) is 49.2 Å². The molecule has 2 aromatic rings. The molecule has 2 aliphatic heterocycles. The molecule has 0 aliphatic carbocycles. The first-order chi connectivity index (χ1) is 14.5. The zero-order valence-electron chi connectivity index (χ0n) is 16.6. The number of fused-ring (bicyclic) bond motifs is 1. The Bertz CT molecular complexity index is 955. The molecule has 1 atom stereocenters. The Labute approximate surface area is 179 Å². The Morgan fingerprint density at radius 2 is 1.80 bits per heavy atom. The zero-order valence-corrected chi connectivity index (χ0v) is 17.4. The van der Waals surface area contributed by atoms with E-state index in [0.29, 0.717) is 31.6 Å². The van der Waals surface area contributed by atoms with Crippen LogP contribution in [-0.2, 0) is 14.4 Å². The summed E-state index contributed by atoms with van der Waals surface area (Å²) in [5, 5.41) is 4.95. The summed E-state index contributed by atoms with van der Waals surface area (Å²) in [6.45, 7) is 0.928. The van der Waals surface area contributed by atoms with Crippen molar-refractivity contribution in [3.8, 4) is 5.75 Å². The molecule has 2 aromatic carbocycles. The van der Waals surface area contributed by atoms with Crippen LogP contribution in [0.25, 0.3) is 0 Å². The van der Waals surface area contributed by atoms with Gasteiger partial charge in [0.15, 0.2) is 5.25 Å². The maximum atomic E-state index is 12.9. The second-order valence-electron chi connectivity index (χ2n) is 7.30. The van der Waals surface area contributed by atoms with Crippen LogP contribution in [0.5, 0.6) is 5.75 Å². The number of nitrogens with one attached hydrogen (secondary N) is 2. The fourth-order valence-corrected chi connectivity index (χ4v) is 4.73. The molecule has 2 N–H and O–H groups in total. The van der Waals surface area contributed by atoms with Gasteiger partial charge in [0, 0.05) is 29.6 Å². The molecule has 30 heavy (non-hydrogen) atoms. The van der Waals surface area contributed by atoms with E-state index in [1.54, 1.807) is 36.3 Å². The van der Waals surface area contributed by atoms with E-state index in [0.717, 1.165) is 16.3 Å². The zero-order chi connectivity index (χ0) is 21.1. The number of ether oxygens (including phenoxy) is 1. The van der Waals surface area contributed by atoms with Gasteiger partial charge in [-0.25, -0.2) is 0 Å². The van der Waals surface area contributed by atoms with Crippen molar-refractivity contribution in [3.05, 3.63) is 48.5 Å². The van der Waals surface area contributed by atoms with Gasteiger partial charge in [-0.15, -0.1) is 11.8 Å². The highest BCUT2D eigenvalue weighted by molar-refractivity contribution is 8.01. The second kappa shape index (κ2) is 8.79. The SMILES string of the molecule is COc1ccc(NC(=O)C2CCN(C(=O)C3Sc4ccccc4NC3=O)CC2)cc1. The molecule has 0 bridgehead atoms. The largest absolute Gasteiger partial charge is 0.497 e. The molecule has 156 valence electrons. The average Bonchev–Trinajstić information content (AvgIpc) is 2.78. The van der Waals surface area contributed by atoms with Crippen LogP contribution in [0.3, 0.4) is 0 Å². The molecule has 0 aromatic heterocycles. The predicted molar refractivity (Wildman–Crippen MR) is 116 cm³/mol. The number of piperidine rings is 1. The van der Waals surface area contributed by atoms with Gasteiger partial charge < -0.3 is 20.3 Å². The summed E-state index contributed by atoms with van der Waals surface area (Å²) in [4.78, 5) is 40.5. The summed E-state index contributed by atoms with van der Waals surface area (Å²) >= 11 is 1.29. The number of amides is 3. The van der Waals surface area contributed by atoms with Crippen LogP contribution in [0.15, 0.2) is 53.4 Å². The first-order valence-corrected chi connectivity index (χ1v) is 10.7. The molecule has 2 heterocycles. The van der Waals surface area contributed by atoms with Crippen LogP contribution in [0.2, 0.25) is 0 Å². The summed E-state index contributed by atoms with van der Waals surface area (Å²) in [6.07, 6.45) is 1.15. The minimum atomic E-state index is -0.787. The summed E-state index contributed by atoms with van der Waals surface area (Å²) in [5.41, 5.74) is 1.46. The van der Waals surface area contributed by atoms with E-state index in [4.69, 9.17) is 4.74 Å². The maximum Gasteiger partial charge on any atom is 0.247 e. The van der Waals surface area contributed by atoms with E-state index in [9.17, 15) is 14.4 Å². The number of hydrogen-bond acceptors (Lipinski definition) is 5.